The predicted octanol–water partition coefficient (Wildman–Crippen LogP) is 4.15. The summed E-state index contributed by atoms with van der Waals surface area (Å²) in [5, 5.41) is 3.16. The molecular weight excluding hydrogens is 434 g/mol. The second-order valence-electron chi connectivity index (χ2n) is 8.70. The minimum Gasteiger partial charge on any atom is -0.494 e. The molecule has 1 unspecified atom stereocenters. The van der Waals surface area contributed by atoms with E-state index in [2.05, 4.69) is 5.32 Å². The monoisotopic (exact) mass is 465 g/mol. The molecule has 1 fully saturated rings. The van der Waals surface area contributed by atoms with E-state index in [9.17, 15) is 13.2 Å². The first kappa shape index (κ1) is 23.8. The van der Waals surface area contributed by atoms with Gasteiger partial charge in [0.15, 0.2) is 9.84 Å². The van der Waals surface area contributed by atoms with Crippen molar-refractivity contribution in [1.82, 2.24) is 5.32 Å². The highest BCUT2D eigenvalue weighted by Crippen LogP contribution is 2.45. The van der Waals surface area contributed by atoms with Gasteiger partial charge < -0.3 is 14.8 Å². The number of benzene rings is 1. The minimum atomic E-state index is -3.58. The number of hydrogen-bond acceptors (Lipinski definition) is 7. The predicted molar refractivity (Wildman–Crippen MR) is 124 cm³/mol. The van der Waals surface area contributed by atoms with Gasteiger partial charge >= 0.3 is 5.97 Å². The van der Waals surface area contributed by atoms with Crippen LogP contribution < -0.4 is 10.1 Å². The van der Waals surface area contributed by atoms with E-state index in [0.717, 1.165) is 16.2 Å². The third-order valence-corrected chi connectivity index (χ3v) is 9.17. The summed E-state index contributed by atoms with van der Waals surface area (Å²) in [6.45, 7) is 8.81. The van der Waals surface area contributed by atoms with Crippen LogP contribution in [0.15, 0.2) is 36.4 Å². The number of ether oxygens (including phenoxy) is 2. The van der Waals surface area contributed by atoms with E-state index in [4.69, 9.17) is 9.47 Å². The molecule has 2 heterocycles. The van der Waals surface area contributed by atoms with Crippen molar-refractivity contribution < 1.29 is 22.7 Å². The zero-order valence-electron chi connectivity index (χ0n) is 18.6. The molecule has 31 heavy (non-hydrogen) atoms. The van der Waals surface area contributed by atoms with E-state index in [1.165, 1.54) is 11.3 Å². The van der Waals surface area contributed by atoms with Gasteiger partial charge in [-0.1, -0.05) is 0 Å². The van der Waals surface area contributed by atoms with Gasteiger partial charge in [-0.3, -0.25) is 4.79 Å². The summed E-state index contributed by atoms with van der Waals surface area (Å²) >= 11 is 1.43. The lowest BCUT2D eigenvalue weighted by Crippen LogP contribution is -2.40. The molecule has 1 aliphatic heterocycles. The number of thiophene rings is 1. The van der Waals surface area contributed by atoms with Crippen molar-refractivity contribution in [3.8, 4) is 16.2 Å². The van der Waals surface area contributed by atoms with Crippen molar-refractivity contribution in [3.63, 3.8) is 0 Å². The maximum Gasteiger partial charge on any atom is 0.308 e. The van der Waals surface area contributed by atoms with Gasteiger partial charge in [-0.15, -0.1) is 11.3 Å². The number of rotatable bonds is 6. The molecule has 2 aromatic rings. The second-order valence-corrected chi connectivity index (χ2v) is 12.2. The Balaban J connectivity index is 1.99. The fourth-order valence-corrected chi connectivity index (χ4v) is 7.32. The van der Waals surface area contributed by atoms with Gasteiger partial charge in [0.1, 0.15) is 16.1 Å². The van der Waals surface area contributed by atoms with Crippen molar-refractivity contribution in [2.45, 2.75) is 50.9 Å². The molecule has 8 heteroatoms. The highest BCUT2D eigenvalue weighted by Gasteiger charge is 2.49. The van der Waals surface area contributed by atoms with E-state index in [1.54, 1.807) is 20.8 Å². The molecule has 0 radical (unpaired) electrons. The van der Waals surface area contributed by atoms with Crippen LogP contribution in [0.3, 0.4) is 0 Å². The molecule has 0 amide bonds. The maximum atomic E-state index is 13.4. The molecule has 6 nitrogen and oxygen atoms in total. The number of esters is 1. The van der Waals surface area contributed by atoms with E-state index in [-0.39, 0.29) is 12.2 Å². The van der Waals surface area contributed by atoms with Gasteiger partial charge in [0.25, 0.3) is 0 Å². The Labute approximate surface area is 188 Å². The van der Waals surface area contributed by atoms with Crippen molar-refractivity contribution >= 4 is 27.1 Å². The van der Waals surface area contributed by atoms with Crippen molar-refractivity contribution in [1.29, 1.82) is 0 Å². The van der Waals surface area contributed by atoms with Gasteiger partial charge in [0.2, 0.25) is 0 Å². The lowest BCUT2D eigenvalue weighted by molar-refractivity contribution is -0.155. The van der Waals surface area contributed by atoms with Crippen LogP contribution in [0.5, 0.6) is 5.75 Å². The molecular formula is C23H31NO5S2. The Hall–Kier alpha value is -1.90. The molecule has 0 spiro atoms. The van der Waals surface area contributed by atoms with E-state index in [1.807, 2.05) is 43.3 Å². The van der Waals surface area contributed by atoms with Crippen LogP contribution in [0.2, 0.25) is 0 Å². The Kier molecular flexibility index (Phi) is 7.13. The number of carbonyl (C=O) groups excluding carboxylic acids is 1. The molecule has 1 N–H and O–H groups in total. The molecule has 1 aliphatic rings. The fraction of sp³-hybridized carbons (Fsp3) is 0.522. The molecule has 1 aromatic heterocycles. The highest BCUT2D eigenvalue weighted by atomic mass is 32.2. The summed E-state index contributed by atoms with van der Waals surface area (Å²) in [7, 11) is -3.58. The van der Waals surface area contributed by atoms with Crippen molar-refractivity contribution in [3.05, 3.63) is 41.3 Å². The summed E-state index contributed by atoms with van der Waals surface area (Å²) in [6.07, 6.45) is 0.148. The number of carbonyl (C=O) groups is 1. The van der Waals surface area contributed by atoms with Crippen molar-refractivity contribution in [2.24, 2.45) is 0 Å². The first-order chi connectivity index (χ1) is 14.6. The zero-order chi connectivity index (χ0) is 22.7. The summed E-state index contributed by atoms with van der Waals surface area (Å²) in [5.41, 5.74) is 0.310. The topological polar surface area (TPSA) is 81.7 Å². The average molecular weight is 466 g/mol. The molecule has 3 rings (SSSR count). The zero-order valence-corrected chi connectivity index (χ0v) is 20.2. The summed E-state index contributed by atoms with van der Waals surface area (Å²) < 4.78 is 36.6. The van der Waals surface area contributed by atoms with Crippen molar-refractivity contribution in [2.75, 3.05) is 25.4 Å². The minimum absolute atomic E-state index is 0.00785. The summed E-state index contributed by atoms with van der Waals surface area (Å²) in [5.74, 6) is 0.294. The lowest BCUT2D eigenvalue weighted by Gasteiger charge is -2.31. The van der Waals surface area contributed by atoms with Gasteiger partial charge in [-0.25, -0.2) is 8.42 Å². The maximum absolute atomic E-state index is 13.4. The first-order valence-corrected chi connectivity index (χ1v) is 13.0. The van der Waals surface area contributed by atoms with Crippen LogP contribution in [-0.2, 0) is 24.1 Å². The summed E-state index contributed by atoms with van der Waals surface area (Å²) in [4.78, 5) is 14.4. The third-order valence-electron chi connectivity index (χ3n) is 5.20. The van der Waals surface area contributed by atoms with Crippen LogP contribution in [0.25, 0.3) is 10.4 Å². The number of nitrogens with one attached hydrogen (secondary N) is 1. The van der Waals surface area contributed by atoms with Crippen LogP contribution in [0.1, 0.15) is 45.4 Å². The van der Waals surface area contributed by atoms with Crippen LogP contribution in [0.4, 0.5) is 0 Å². The first-order valence-electron chi connectivity index (χ1n) is 10.5. The molecule has 0 saturated carbocycles. The molecule has 0 bridgehead atoms. The molecule has 0 aliphatic carbocycles. The smallest absolute Gasteiger partial charge is 0.308 e. The normalized spacial score (nSPS) is 21.3. The molecule has 170 valence electrons. The second kappa shape index (κ2) is 9.30. The Morgan fingerprint density at radius 1 is 1.13 bits per heavy atom. The number of sulfone groups is 1. The quantitative estimate of drug-likeness (QED) is 0.646. The van der Waals surface area contributed by atoms with E-state index in [0.29, 0.717) is 31.0 Å². The average Bonchev–Trinajstić information content (AvgIpc) is 3.11. The van der Waals surface area contributed by atoms with E-state index >= 15 is 0 Å². The Bertz CT molecular complexity index is 1010. The Morgan fingerprint density at radius 2 is 1.84 bits per heavy atom. The number of hydrogen-bond donors (Lipinski definition) is 1. The third kappa shape index (κ3) is 5.48. The van der Waals surface area contributed by atoms with Crippen LogP contribution in [0, 0.1) is 0 Å². The Morgan fingerprint density at radius 3 is 2.48 bits per heavy atom. The highest BCUT2D eigenvalue weighted by molar-refractivity contribution is 7.92. The van der Waals surface area contributed by atoms with Gasteiger partial charge in [0, 0.05) is 16.3 Å². The summed E-state index contributed by atoms with van der Waals surface area (Å²) in [6, 6.07) is 11.5. The fourth-order valence-electron chi connectivity index (χ4n) is 3.77. The van der Waals surface area contributed by atoms with Crippen LogP contribution >= 0.6 is 11.3 Å². The SMILES string of the molecule is CCOc1ccc(-c2ccc(C3(CC(=O)OC(C)(C)C)CCNCCS3(=O)=O)s2)cc1. The standard InChI is InChI=1S/C23H31NO5S2/c1-5-28-18-8-6-17(7-9-18)19-10-11-20(30-19)23(16-21(25)29-22(2,3)4)12-13-24-14-15-31(23,26)27/h6-11,24H,5,12-16H2,1-4H3. The molecule has 1 saturated heterocycles. The van der Waals surface area contributed by atoms with Gasteiger partial charge in [0.05, 0.1) is 18.8 Å². The molecule has 1 atom stereocenters. The lowest BCUT2D eigenvalue weighted by atomic mass is 9.97. The molecule has 1 aromatic carbocycles. The largest absolute Gasteiger partial charge is 0.494 e. The van der Waals surface area contributed by atoms with Crippen LogP contribution in [-0.4, -0.2) is 45.4 Å². The van der Waals surface area contributed by atoms with E-state index < -0.39 is 26.2 Å². The van der Waals surface area contributed by atoms with Gasteiger partial charge in [-0.05, 0) is 82.6 Å². The van der Waals surface area contributed by atoms with Gasteiger partial charge in [-0.2, -0.15) is 0 Å².